The Morgan fingerprint density at radius 3 is 2.83 bits per heavy atom. The summed E-state index contributed by atoms with van der Waals surface area (Å²) in [4.78, 5) is 4.39. The van der Waals surface area contributed by atoms with Crippen molar-refractivity contribution in [2.75, 3.05) is 5.32 Å². The minimum Gasteiger partial charge on any atom is -0.382 e. The Morgan fingerprint density at radius 1 is 1.28 bits per heavy atom. The van der Waals surface area contributed by atoms with Crippen molar-refractivity contribution >= 4 is 16.7 Å². The molecule has 0 bridgehead atoms. The normalized spacial score (nSPS) is 24.3. The topological polar surface area (TPSA) is 55.9 Å². The van der Waals surface area contributed by atoms with Crippen LogP contribution in [0.2, 0.25) is 0 Å². The molecular formula is C14H20N4. The monoisotopic (exact) mass is 244 g/mol. The summed E-state index contributed by atoms with van der Waals surface area (Å²) in [5, 5.41) is 3.60. The maximum Gasteiger partial charge on any atom is 0.0955 e. The van der Waals surface area contributed by atoms with Crippen molar-refractivity contribution in [3.63, 3.8) is 0 Å². The number of hydrogen-bond donors (Lipinski definition) is 2. The van der Waals surface area contributed by atoms with E-state index in [0.29, 0.717) is 12.1 Å². The Morgan fingerprint density at radius 2 is 2.06 bits per heavy atom. The number of aromatic nitrogens is 2. The quantitative estimate of drug-likeness (QED) is 0.852. The molecule has 1 aliphatic carbocycles. The molecule has 1 fully saturated rings. The number of nitrogens with two attached hydrogens (primary N) is 1. The third-order valence-electron chi connectivity index (χ3n) is 3.87. The molecule has 96 valence electrons. The summed E-state index contributed by atoms with van der Waals surface area (Å²) in [5.74, 6) is 0. The summed E-state index contributed by atoms with van der Waals surface area (Å²) in [6.45, 7) is 0. The van der Waals surface area contributed by atoms with Gasteiger partial charge in [-0.05, 0) is 43.9 Å². The van der Waals surface area contributed by atoms with Gasteiger partial charge in [0.2, 0.25) is 0 Å². The molecule has 1 aromatic carbocycles. The van der Waals surface area contributed by atoms with Crippen molar-refractivity contribution in [2.24, 2.45) is 12.8 Å². The van der Waals surface area contributed by atoms with Crippen LogP contribution in [-0.2, 0) is 7.05 Å². The molecule has 0 radical (unpaired) electrons. The van der Waals surface area contributed by atoms with Crippen molar-refractivity contribution in [3.8, 4) is 0 Å². The molecule has 2 aromatic rings. The van der Waals surface area contributed by atoms with Gasteiger partial charge in [0.1, 0.15) is 0 Å². The zero-order valence-corrected chi connectivity index (χ0v) is 10.8. The third-order valence-corrected chi connectivity index (χ3v) is 3.87. The van der Waals surface area contributed by atoms with Crippen LogP contribution in [0, 0.1) is 0 Å². The first-order valence-corrected chi connectivity index (χ1v) is 6.65. The van der Waals surface area contributed by atoms with Gasteiger partial charge in [-0.3, -0.25) is 0 Å². The van der Waals surface area contributed by atoms with Crippen LogP contribution in [0.25, 0.3) is 11.0 Å². The summed E-state index contributed by atoms with van der Waals surface area (Å²) >= 11 is 0. The van der Waals surface area contributed by atoms with Crippen LogP contribution in [0.1, 0.15) is 25.7 Å². The lowest BCUT2D eigenvalue weighted by molar-refractivity contribution is 0.411. The van der Waals surface area contributed by atoms with E-state index in [1.807, 2.05) is 17.9 Å². The summed E-state index contributed by atoms with van der Waals surface area (Å²) in [7, 11) is 2.02. The fourth-order valence-electron chi connectivity index (χ4n) is 2.73. The average Bonchev–Trinajstić information content (AvgIpc) is 2.74. The molecule has 0 atom stereocenters. The summed E-state index contributed by atoms with van der Waals surface area (Å²) in [6, 6.07) is 7.36. The van der Waals surface area contributed by atoms with Crippen LogP contribution >= 0.6 is 0 Å². The Bertz CT molecular complexity index is 538. The van der Waals surface area contributed by atoms with Crippen molar-refractivity contribution in [1.82, 2.24) is 9.55 Å². The first-order chi connectivity index (χ1) is 8.72. The van der Waals surface area contributed by atoms with Gasteiger partial charge in [0.15, 0.2) is 0 Å². The van der Waals surface area contributed by atoms with Crippen LogP contribution in [0.15, 0.2) is 24.5 Å². The molecule has 1 aliphatic rings. The maximum atomic E-state index is 5.93. The summed E-state index contributed by atoms with van der Waals surface area (Å²) in [6.07, 6.45) is 6.45. The smallest absolute Gasteiger partial charge is 0.0955 e. The molecule has 4 nitrogen and oxygen atoms in total. The fraction of sp³-hybridized carbons (Fsp3) is 0.500. The van der Waals surface area contributed by atoms with E-state index < -0.39 is 0 Å². The van der Waals surface area contributed by atoms with E-state index in [2.05, 4.69) is 28.5 Å². The van der Waals surface area contributed by atoms with E-state index in [-0.39, 0.29) is 0 Å². The second-order valence-electron chi connectivity index (χ2n) is 5.32. The van der Waals surface area contributed by atoms with Gasteiger partial charge in [-0.2, -0.15) is 0 Å². The molecule has 3 N–H and O–H groups in total. The van der Waals surface area contributed by atoms with Crippen LogP contribution in [0.3, 0.4) is 0 Å². The fourth-order valence-corrected chi connectivity index (χ4v) is 2.73. The minimum absolute atomic E-state index is 0.404. The van der Waals surface area contributed by atoms with E-state index >= 15 is 0 Å². The van der Waals surface area contributed by atoms with Gasteiger partial charge in [0.25, 0.3) is 0 Å². The highest BCUT2D eigenvalue weighted by molar-refractivity contribution is 5.79. The van der Waals surface area contributed by atoms with Crippen molar-refractivity contribution < 1.29 is 0 Å². The minimum atomic E-state index is 0.404. The number of fused-ring (bicyclic) bond motifs is 1. The lowest BCUT2D eigenvalue weighted by Crippen LogP contribution is -2.32. The first kappa shape index (κ1) is 11.5. The van der Waals surface area contributed by atoms with Crippen molar-refractivity contribution in [3.05, 3.63) is 24.5 Å². The number of rotatable bonds is 2. The van der Waals surface area contributed by atoms with Crippen LogP contribution < -0.4 is 11.1 Å². The second kappa shape index (κ2) is 4.61. The van der Waals surface area contributed by atoms with E-state index in [1.165, 1.54) is 24.0 Å². The highest BCUT2D eigenvalue weighted by atomic mass is 15.0. The standard InChI is InChI=1S/C14H20N4/c1-18-9-16-13-8-12(6-7-14(13)18)17-11-4-2-10(15)3-5-11/h6-11,17H,2-5,15H2,1H3. The molecular weight excluding hydrogens is 224 g/mol. The van der Waals surface area contributed by atoms with E-state index in [0.717, 1.165) is 18.4 Å². The molecule has 0 saturated heterocycles. The molecule has 0 unspecified atom stereocenters. The highest BCUT2D eigenvalue weighted by Crippen LogP contribution is 2.23. The number of benzene rings is 1. The first-order valence-electron chi connectivity index (χ1n) is 6.65. The largest absolute Gasteiger partial charge is 0.382 e. The molecule has 4 heteroatoms. The Hall–Kier alpha value is -1.55. The van der Waals surface area contributed by atoms with Gasteiger partial charge >= 0.3 is 0 Å². The zero-order chi connectivity index (χ0) is 12.5. The van der Waals surface area contributed by atoms with Gasteiger partial charge < -0.3 is 15.6 Å². The summed E-state index contributed by atoms with van der Waals surface area (Å²) < 4.78 is 2.04. The number of nitrogens with one attached hydrogen (secondary N) is 1. The van der Waals surface area contributed by atoms with Gasteiger partial charge in [0, 0.05) is 24.8 Å². The Balaban J connectivity index is 1.74. The van der Waals surface area contributed by atoms with E-state index in [4.69, 9.17) is 5.73 Å². The Labute approximate surface area is 107 Å². The lowest BCUT2D eigenvalue weighted by Gasteiger charge is -2.27. The van der Waals surface area contributed by atoms with Gasteiger partial charge in [-0.1, -0.05) is 0 Å². The highest BCUT2D eigenvalue weighted by Gasteiger charge is 2.18. The zero-order valence-electron chi connectivity index (χ0n) is 10.8. The van der Waals surface area contributed by atoms with Gasteiger partial charge in [-0.15, -0.1) is 0 Å². The number of hydrogen-bond acceptors (Lipinski definition) is 3. The molecule has 1 aromatic heterocycles. The molecule has 0 spiro atoms. The molecule has 1 heterocycles. The molecule has 3 rings (SSSR count). The lowest BCUT2D eigenvalue weighted by atomic mass is 9.91. The molecule has 1 saturated carbocycles. The van der Waals surface area contributed by atoms with E-state index in [9.17, 15) is 0 Å². The molecule has 18 heavy (non-hydrogen) atoms. The summed E-state index contributed by atoms with van der Waals surface area (Å²) in [5.41, 5.74) is 9.32. The number of imidazole rings is 1. The van der Waals surface area contributed by atoms with Crippen LogP contribution in [-0.4, -0.2) is 21.6 Å². The van der Waals surface area contributed by atoms with Crippen molar-refractivity contribution in [2.45, 2.75) is 37.8 Å². The maximum absolute atomic E-state index is 5.93. The van der Waals surface area contributed by atoms with Gasteiger partial charge in [-0.25, -0.2) is 4.98 Å². The predicted octanol–water partition coefficient (Wildman–Crippen LogP) is 2.26. The van der Waals surface area contributed by atoms with Crippen LogP contribution in [0.4, 0.5) is 5.69 Å². The SMILES string of the molecule is Cn1cnc2cc(NC3CCC(N)CC3)ccc21. The molecule has 0 amide bonds. The molecule has 0 aliphatic heterocycles. The Kier molecular flexibility index (Phi) is 2.96. The number of nitrogens with zero attached hydrogens (tertiary/aromatic N) is 2. The number of aryl methyl sites for hydroxylation is 1. The average molecular weight is 244 g/mol. The predicted molar refractivity (Wildman–Crippen MR) is 74.6 cm³/mol. The van der Waals surface area contributed by atoms with Gasteiger partial charge in [0.05, 0.1) is 17.4 Å². The third kappa shape index (κ3) is 2.20. The van der Waals surface area contributed by atoms with Crippen LogP contribution in [0.5, 0.6) is 0 Å². The van der Waals surface area contributed by atoms with Crippen molar-refractivity contribution in [1.29, 1.82) is 0 Å². The van der Waals surface area contributed by atoms with E-state index in [1.54, 1.807) is 0 Å². The number of anilines is 1. The second-order valence-corrected chi connectivity index (χ2v) is 5.32.